The van der Waals surface area contributed by atoms with Gasteiger partial charge >= 0.3 is 0 Å². The second kappa shape index (κ2) is 9.59. The van der Waals surface area contributed by atoms with Crippen molar-refractivity contribution in [3.8, 4) is 5.75 Å². The van der Waals surface area contributed by atoms with Gasteiger partial charge in [-0.05, 0) is 56.9 Å². The van der Waals surface area contributed by atoms with Crippen molar-refractivity contribution in [2.45, 2.75) is 44.4 Å². The van der Waals surface area contributed by atoms with Crippen LogP contribution in [-0.2, 0) is 11.4 Å². The number of nitrogens with zero attached hydrogens (tertiary/aromatic N) is 4. The Morgan fingerprint density at radius 3 is 2.79 bits per heavy atom. The largest absolute Gasteiger partial charge is 0.486 e. The molecule has 1 aliphatic rings. The normalized spacial score (nSPS) is 13.9. The van der Waals surface area contributed by atoms with Gasteiger partial charge < -0.3 is 15.5 Å². The number of hydrogen-bond donors (Lipinski definition) is 1. The molecule has 2 aromatic rings. The van der Waals surface area contributed by atoms with E-state index >= 15 is 0 Å². The molecule has 0 saturated heterocycles. The summed E-state index contributed by atoms with van der Waals surface area (Å²) in [5, 5.41) is 8.49. The predicted molar refractivity (Wildman–Crippen MR) is 106 cm³/mol. The van der Waals surface area contributed by atoms with Gasteiger partial charge in [0.25, 0.3) is 0 Å². The van der Waals surface area contributed by atoms with Crippen LogP contribution in [0.4, 0.5) is 4.39 Å². The Balaban J connectivity index is 1.55. The molecule has 150 valence electrons. The smallest absolute Gasteiger partial charge is 0.237 e. The number of amides is 1. The Kier molecular flexibility index (Phi) is 6.91. The summed E-state index contributed by atoms with van der Waals surface area (Å²) in [6.45, 7) is 2.73. The maximum Gasteiger partial charge on any atom is 0.237 e. The van der Waals surface area contributed by atoms with Crippen molar-refractivity contribution in [2.75, 3.05) is 18.1 Å². The molecule has 28 heavy (non-hydrogen) atoms. The number of allylic oxidation sites excluding steroid dienone is 2. The minimum Gasteiger partial charge on any atom is -0.486 e. The Morgan fingerprint density at radius 2 is 2.11 bits per heavy atom. The highest BCUT2D eigenvalue weighted by Gasteiger charge is 2.19. The van der Waals surface area contributed by atoms with Gasteiger partial charge in [0.2, 0.25) is 11.1 Å². The van der Waals surface area contributed by atoms with Crippen LogP contribution in [0.1, 0.15) is 38.4 Å². The molecule has 9 heteroatoms. The average Bonchev–Trinajstić information content (AvgIpc) is 3.07. The Bertz CT molecular complexity index is 837. The SMILES string of the molecule is CCN(C(=O)CSc1nnc(COc2ccc(F)cc2)n1N)C1=CCCCC1. The first-order valence-corrected chi connectivity index (χ1v) is 10.3. The zero-order valence-electron chi connectivity index (χ0n) is 15.8. The number of benzene rings is 1. The summed E-state index contributed by atoms with van der Waals surface area (Å²) in [6.07, 6.45) is 6.44. The van der Waals surface area contributed by atoms with E-state index < -0.39 is 0 Å². The molecule has 1 aromatic carbocycles. The standard InChI is InChI=1S/C19H24FN5O2S/c1-2-24(15-6-4-3-5-7-15)18(26)13-28-19-23-22-17(25(19)21)12-27-16-10-8-14(20)9-11-16/h6,8-11H,2-5,7,12-13,21H2,1H3. The van der Waals surface area contributed by atoms with E-state index in [-0.39, 0.29) is 24.1 Å². The average molecular weight is 405 g/mol. The van der Waals surface area contributed by atoms with Crippen molar-refractivity contribution in [2.24, 2.45) is 0 Å². The molecule has 7 nitrogen and oxygen atoms in total. The summed E-state index contributed by atoms with van der Waals surface area (Å²) < 4.78 is 19.8. The van der Waals surface area contributed by atoms with Crippen molar-refractivity contribution in [3.05, 3.63) is 47.7 Å². The van der Waals surface area contributed by atoms with E-state index in [4.69, 9.17) is 10.6 Å². The highest BCUT2D eigenvalue weighted by atomic mass is 32.2. The van der Waals surface area contributed by atoms with Crippen molar-refractivity contribution in [1.82, 2.24) is 19.8 Å². The number of rotatable bonds is 8. The minimum atomic E-state index is -0.331. The molecule has 0 bridgehead atoms. The molecule has 0 atom stereocenters. The molecule has 0 saturated carbocycles. The summed E-state index contributed by atoms with van der Waals surface area (Å²) in [6, 6.07) is 5.69. The number of nitrogen functional groups attached to an aromatic ring is 1. The lowest BCUT2D eigenvalue weighted by atomic mass is 10.0. The molecule has 0 aliphatic heterocycles. The molecule has 1 aromatic heterocycles. The fraction of sp³-hybridized carbons (Fsp3) is 0.421. The fourth-order valence-corrected chi connectivity index (χ4v) is 3.74. The van der Waals surface area contributed by atoms with Crippen LogP contribution in [0.5, 0.6) is 5.75 Å². The second-order valence-corrected chi connectivity index (χ2v) is 7.32. The third-order valence-corrected chi connectivity index (χ3v) is 5.40. The first-order valence-electron chi connectivity index (χ1n) is 9.28. The van der Waals surface area contributed by atoms with E-state index in [1.807, 2.05) is 11.8 Å². The number of aromatic nitrogens is 3. The topological polar surface area (TPSA) is 86.3 Å². The Labute approximate surface area is 167 Å². The quantitative estimate of drug-likeness (QED) is 0.536. The van der Waals surface area contributed by atoms with Crippen LogP contribution in [0.25, 0.3) is 0 Å². The van der Waals surface area contributed by atoms with Gasteiger partial charge in [0.05, 0.1) is 5.75 Å². The van der Waals surface area contributed by atoms with Crippen LogP contribution in [0.2, 0.25) is 0 Å². The number of carbonyl (C=O) groups excluding carboxylic acids is 1. The Hall–Kier alpha value is -2.55. The number of hydrogen-bond acceptors (Lipinski definition) is 6. The van der Waals surface area contributed by atoms with E-state index in [9.17, 15) is 9.18 Å². The fourth-order valence-electron chi connectivity index (χ4n) is 2.99. The zero-order valence-corrected chi connectivity index (χ0v) is 16.6. The van der Waals surface area contributed by atoms with E-state index in [1.165, 1.54) is 47.1 Å². The van der Waals surface area contributed by atoms with Crippen molar-refractivity contribution in [1.29, 1.82) is 0 Å². The number of thioether (sulfide) groups is 1. The Morgan fingerprint density at radius 1 is 1.32 bits per heavy atom. The van der Waals surface area contributed by atoms with Gasteiger partial charge in [-0.2, -0.15) is 0 Å². The van der Waals surface area contributed by atoms with Crippen molar-refractivity contribution in [3.63, 3.8) is 0 Å². The molecule has 1 heterocycles. The highest BCUT2D eigenvalue weighted by molar-refractivity contribution is 7.99. The summed E-state index contributed by atoms with van der Waals surface area (Å²) >= 11 is 1.25. The third kappa shape index (κ3) is 5.03. The van der Waals surface area contributed by atoms with Gasteiger partial charge in [-0.15, -0.1) is 10.2 Å². The van der Waals surface area contributed by atoms with E-state index in [0.717, 1.165) is 25.0 Å². The highest BCUT2D eigenvalue weighted by Crippen LogP contribution is 2.23. The van der Waals surface area contributed by atoms with Crippen molar-refractivity contribution < 1.29 is 13.9 Å². The molecule has 2 N–H and O–H groups in total. The molecule has 3 rings (SSSR count). The lowest BCUT2D eigenvalue weighted by molar-refractivity contribution is -0.126. The predicted octanol–water partition coefficient (Wildman–Crippen LogP) is 3.11. The molecule has 0 unspecified atom stereocenters. The van der Waals surface area contributed by atoms with Crippen molar-refractivity contribution >= 4 is 17.7 Å². The third-order valence-electron chi connectivity index (χ3n) is 4.47. The van der Waals surface area contributed by atoms with Gasteiger partial charge in [0, 0.05) is 12.2 Å². The number of halogens is 1. The maximum atomic E-state index is 12.9. The van der Waals surface area contributed by atoms with Gasteiger partial charge in [0.15, 0.2) is 5.82 Å². The van der Waals surface area contributed by atoms with Gasteiger partial charge in [-0.3, -0.25) is 4.79 Å². The summed E-state index contributed by atoms with van der Waals surface area (Å²) in [4.78, 5) is 14.4. The molecular formula is C19H24FN5O2S. The molecular weight excluding hydrogens is 381 g/mol. The summed E-state index contributed by atoms with van der Waals surface area (Å²) in [5.74, 6) is 6.89. The zero-order chi connectivity index (χ0) is 19.9. The molecule has 1 amide bonds. The maximum absolute atomic E-state index is 12.9. The molecule has 0 radical (unpaired) electrons. The molecule has 0 spiro atoms. The summed E-state index contributed by atoms with van der Waals surface area (Å²) in [5.41, 5.74) is 1.11. The van der Waals surface area contributed by atoms with E-state index in [2.05, 4.69) is 16.3 Å². The lowest BCUT2D eigenvalue weighted by Crippen LogP contribution is -2.32. The molecule has 1 aliphatic carbocycles. The number of ether oxygens (including phenoxy) is 1. The van der Waals surface area contributed by atoms with Crippen LogP contribution in [0, 0.1) is 5.82 Å². The van der Waals surface area contributed by atoms with Crippen LogP contribution in [0.3, 0.4) is 0 Å². The van der Waals surface area contributed by atoms with Crippen LogP contribution in [0.15, 0.2) is 41.2 Å². The second-order valence-electron chi connectivity index (χ2n) is 6.38. The number of carbonyl (C=O) groups is 1. The lowest BCUT2D eigenvalue weighted by Gasteiger charge is -2.26. The first kappa shape index (κ1) is 20.2. The van der Waals surface area contributed by atoms with Gasteiger partial charge in [-0.1, -0.05) is 17.8 Å². The molecule has 0 fully saturated rings. The summed E-state index contributed by atoms with van der Waals surface area (Å²) in [7, 11) is 0. The van der Waals surface area contributed by atoms with E-state index in [0.29, 0.717) is 23.3 Å². The first-order chi connectivity index (χ1) is 13.6. The van der Waals surface area contributed by atoms with Crippen LogP contribution >= 0.6 is 11.8 Å². The monoisotopic (exact) mass is 405 g/mol. The minimum absolute atomic E-state index is 0.0350. The van der Waals surface area contributed by atoms with Gasteiger partial charge in [-0.25, -0.2) is 9.07 Å². The number of nitrogens with two attached hydrogens (primary N) is 1. The van der Waals surface area contributed by atoms with E-state index in [1.54, 1.807) is 0 Å². The van der Waals surface area contributed by atoms with Crippen LogP contribution in [-0.4, -0.2) is 38.0 Å². The van der Waals surface area contributed by atoms with Gasteiger partial charge in [0.1, 0.15) is 18.2 Å². The van der Waals surface area contributed by atoms with Crippen LogP contribution < -0.4 is 10.6 Å².